The molecule has 1 atom stereocenters. The molecular formula is C14H21N3OS. The second-order valence-corrected chi connectivity index (χ2v) is 6.20. The van der Waals surface area contributed by atoms with Crippen LogP contribution in [-0.4, -0.2) is 40.0 Å². The molecule has 5 heteroatoms. The molecule has 0 spiro atoms. The first-order chi connectivity index (χ1) is 9.16. The van der Waals surface area contributed by atoms with Gasteiger partial charge in [-0.3, -0.25) is 4.98 Å². The van der Waals surface area contributed by atoms with Crippen molar-refractivity contribution in [2.45, 2.75) is 32.9 Å². The van der Waals surface area contributed by atoms with Crippen molar-refractivity contribution >= 4 is 17.8 Å². The summed E-state index contributed by atoms with van der Waals surface area (Å²) in [6, 6.07) is 2.41. The van der Waals surface area contributed by atoms with E-state index in [1.165, 1.54) is 0 Å². The van der Waals surface area contributed by atoms with Crippen molar-refractivity contribution in [1.29, 1.82) is 0 Å². The number of aromatic nitrogens is 1. The quantitative estimate of drug-likeness (QED) is 0.904. The highest BCUT2D eigenvalue weighted by molar-refractivity contribution is 7.99. The molecule has 19 heavy (non-hydrogen) atoms. The zero-order valence-electron chi connectivity index (χ0n) is 11.6. The minimum atomic E-state index is 0.0384. The number of pyridine rings is 1. The van der Waals surface area contributed by atoms with Crippen LogP contribution >= 0.6 is 11.8 Å². The molecule has 0 unspecified atom stereocenters. The fourth-order valence-corrected chi connectivity index (χ4v) is 3.23. The van der Waals surface area contributed by atoms with Gasteiger partial charge in [-0.15, -0.1) is 0 Å². The maximum Gasteiger partial charge on any atom is 0.317 e. The van der Waals surface area contributed by atoms with Crippen molar-refractivity contribution in [2.24, 2.45) is 0 Å². The number of nitrogens with zero attached hydrogens (tertiary/aromatic N) is 2. The molecule has 1 aliphatic heterocycles. The van der Waals surface area contributed by atoms with Gasteiger partial charge in [0.2, 0.25) is 0 Å². The van der Waals surface area contributed by atoms with Crippen molar-refractivity contribution in [2.75, 3.05) is 18.1 Å². The number of amides is 2. The predicted molar refractivity (Wildman–Crippen MR) is 79.3 cm³/mol. The second-order valence-electron chi connectivity index (χ2n) is 4.97. The first kappa shape index (κ1) is 14.2. The van der Waals surface area contributed by atoms with Crippen molar-refractivity contribution in [3.8, 4) is 0 Å². The average molecular weight is 279 g/mol. The zero-order chi connectivity index (χ0) is 13.7. The van der Waals surface area contributed by atoms with E-state index < -0.39 is 0 Å². The number of carbonyl (C=O) groups excluding carboxylic acids is 1. The lowest BCUT2D eigenvalue weighted by molar-refractivity contribution is 0.182. The second kappa shape index (κ2) is 6.80. The van der Waals surface area contributed by atoms with Gasteiger partial charge in [-0.05, 0) is 37.1 Å². The molecule has 2 rings (SSSR count). The number of nitrogens with one attached hydrogen (secondary N) is 1. The molecule has 1 saturated heterocycles. The van der Waals surface area contributed by atoms with Crippen LogP contribution in [0.5, 0.6) is 0 Å². The summed E-state index contributed by atoms with van der Waals surface area (Å²) in [7, 11) is 0. The summed E-state index contributed by atoms with van der Waals surface area (Å²) in [5.41, 5.74) is 2.16. The Kier molecular flexibility index (Phi) is 5.07. The van der Waals surface area contributed by atoms with E-state index in [1.54, 1.807) is 6.20 Å². The predicted octanol–water partition coefficient (Wildman–Crippen LogP) is 2.43. The van der Waals surface area contributed by atoms with Crippen molar-refractivity contribution < 1.29 is 4.79 Å². The van der Waals surface area contributed by atoms with E-state index in [0.29, 0.717) is 12.6 Å². The van der Waals surface area contributed by atoms with Gasteiger partial charge in [0.25, 0.3) is 0 Å². The molecule has 2 amide bonds. The first-order valence-corrected chi connectivity index (χ1v) is 7.85. The Morgan fingerprint density at radius 2 is 2.37 bits per heavy atom. The van der Waals surface area contributed by atoms with Crippen LogP contribution in [0.15, 0.2) is 18.5 Å². The Bertz CT molecular complexity index is 438. The highest BCUT2D eigenvalue weighted by Gasteiger charge is 2.21. The van der Waals surface area contributed by atoms with Crippen LogP contribution in [0, 0.1) is 6.92 Å². The molecule has 1 N–H and O–H groups in total. The minimum absolute atomic E-state index is 0.0384. The molecule has 0 radical (unpaired) electrons. The van der Waals surface area contributed by atoms with Crippen LogP contribution in [0.25, 0.3) is 0 Å². The largest absolute Gasteiger partial charge is 0.334 e. The SMILES string of the molecule is Cc1cncc(CNC(=O)N2CCSCC[C@H]2C)c1. The highest BCUT2D eigenvalue weighted by atomic mass is 32.2. The topological polar surface area (TPSA) is 45.2 Å². The Hall–Kier alpha value is -1.23. The van der Waals surface area contributed by atoms with Gasteiger partial charge in [-0.25, -0.2) is 4.79 Å². The lowest BCUT2D eigenvalue weighted by atomic mass is 10.2. The Morgan fingerprint density at radius 3 is 3.16 bits per heavy atom. The van der Waals surface area contributed by atoms with Crippen LogP contribution in [-0.2, 0) is 6.54 Å². The third-order valence-electron chi connectivity index (χ3n) is 3.32. The van der Waals surface area contributed by atoms with E-state index in [4.69, 9.17) is 0 Å². The van der Waals surface area contributed by atoms with Crippen molar-refractivity contribution in [3.05, 3.63) is 29.6 Å². The Labute approximate surface area is 119 Å². The van der Waals surface area contributed by atoms with Gasteiger partial charge in [0.15, 0.2) is 0 Å². The van der Waals surface area contributed by atoms with Gasteiger partial charge in [-0.1, -0.05) is 6.07 Å². The molecule has 2 heterocycles. The lowest BCUT2D eigenvalue weighted by Crippen LogP contribution is -2.45. The summed E-state index contributed by atoms with van der Waals surface area (Å²) in [4.78, 5) is 18.3. The molecule has 0 aliphatic carbocycles. The number of hydrogen-bond donors (Lipinski definition) is 1. The number of hydrogen-bond acceptors (Lipinski definition) is 3. The molecular weight excluding hydrogens is 258 g/mol. The number of rotatable bonds is 2. The fourth-order valence-electron chi connectivity index (χ4n) is 2.19. The third kappa shape index (κ3) is 4.13. The molecule has 0 bridgehead atoms. The van der Waals surface area contributed by atoms with Crippen LogP contribution < -0.4 is 5.32 Å². The Morgan fingerprint density at radius 1 is 1.53 bits per heavy atom. The van der Waals surface area contributed by atoms with E-state index >= 15 is 0 Å². The molecule has 1 aromatic rings. The van der Waals surface area contributed by atoms with Gasteiger partial charge >= 0.3 is 6.03 Å². The molecule has 1 fully saturated rings. The maximum atomic E-state index is 12.2. The van der Waals surface area contributed by atoms with Gasteiger partial charge in [0, 0.05) is 37.3 Å². The lowest BCUT2D eigenvalue weighted by Gasteiger charge is -2.27. The summed E-state index contributed by atoms with van der Waals surface area (Å²) in [5.74, 6) is 2.18. The highest BCUT2D eigenvalue weighted by Crippen LogP contribution is 2.16. The van der Waals surface area contributed by atoms with Gasteiger partial charge in [0.1, 0.15) is 0 Å². The standard InChI is InChI=1S/C14H21N3OS/c1-11-7-13(9-15-8-11)10-16-14(18)17-4-6-19-5-3-12(17)2/h7-9,12H,3-6,10H2,1-2H3,(H,16,18)/t12-/m1/s1. The van der Waals surface area contributed by atoms with Crippen LogP contribution in [0.1, 0.15) is 24.5 Å². The van der Waals surface area contributed by atoms with Crippen LogP contribution in [0.3, 0.4) is 0 Å². The monoisotopic (exact) mass is 279 g/mol. The van der Waals surface area contributed by atoms with Gasteiger partial charge < -0.3 is 10.2 Å². The molecule has 0 saturated carbocycles. The molecule has 0 aromatic carbocycles. The number of thioether (sulfide) groups is 1. The van der Waals surface area contributed by atoms with Crippen molar-refractivity contribution in [1.82, 2.24) is 15.2 Å². The summed E-state index contributed by atoms with van der Waals surface area (Å²) in [6.45, 7) is 5.51. The van der Waals surface area contributed by atoms with E-state index in [0.717, 1.165) is 35.6 Å². The fraction of sp³-hybridized carbons (Fsp3) is 0.571. The summed E-state index contributed by atoms with van der Waals surface area (Å²) < 4.78 is 0. The summed E-state index contributed by atoms with van der Waals surface area (Å²) in [6.07, 6.45) is 4.69. The van der Waals surface area contributed by atoms with Gasteiger partial charge in [0.05, 0.1) is 0 Å². The van der Waals surface area contributed by atoms with E-state index in [2.05, 4.69) is 23.3 Å². The number of aryl methyl sites for hydroxylation is 1. The van der Waals surface area contributed by atoms with E-state index in [1.807, 2.05) is 29.8 Å². The maximum absolute atomic E-state index is 12.2. The normalized spacial score (nSPS) is 19.9. The van der Waals surface area contributed by atoms with E-state index in [9.17, 15) is 4.79 Å². The molecule has 104 valence electrons. The van der Waals surface area contributed by atoms with E-state index in [-0.39, 0.29) is 6.03 Å². The molecule has 4 nitrogen and oxygen atoms in total. The van der Waals surface area contributed by atoms with Gasteiger partial charge in [-0.2, -0.15) is 11.8 Å². The smallest absolute Gasteiger partial charge is 0.317 e. The minimum Gasteiger partial charge on any atom is -0.334 e. The third-order valence-corrected chi connectivity index (χ3v) is 4.32. The summed E-state index contributed by atoms with van der Waals surface area (Å²) in [5, 5.41) is 2.99. The average Bonchev–Trinajstić information content (AvgIpc) is 2.61. The summed E-state index contributed by atoms with van der Waals surface area (Å²) >= 11 is 1.93. The van der Waals surface area contributed by atoms with Crippen molar-refractivity contribution in [3.63, 3.8) is 0 Å². The van der Waals surface area contributed by atoms with Crippen LogP contribution in [0.4, 0.5) is 4.79 Å². The zero-order valence-corrected chi connectivity index (χ0v) is 12.4. The number of carbonyl (C=O) groups is 1. The Balaban J connectivity index is 1.89. The number of urea groups is 1. The first-order valence-electron chi connectivity index (χ1n) is 6.69. The molecule has 1 aliphatic rings. The molecule has 1 aromatic heterocycles. The van der Waals surface area contributed by atoms with Crippen LogP contribution in [0.2, 0.25) is 0 Å².